The van der Waals surface area contributed by atoms with Gasteiger partial charge in [-0.2, -0.15) is 5.26 Å². The first kappa shape index (κ1) is 98.2. The van der Waals surface area contributed by atoms with Gasteiger partial charge in [0.2, 0.25) is 11.8 Å². The molecule has 6 rings (SSSR count). The fraction of sp³-hybridized carbons (Fsp3) is 0.500. The van der Waals surface area contributed by atoms with Gasteiger partial charge in [-0.3, -0.25) is 24.0 Å². The molecule has 0 radical (unpaired) electrons. The fourth-order valence-electron chi connectivity index (χ4n) is 6.82. The van der Waals surface area contributed by atoms with E-state index in [2.05, 4.69) is 48.7 Å². The third kappa shape index (κ3) is 48.5. The molecular weight excluding hydrogens is 1180 g/mol. The highest BCUT2D eigenvalue weighted by Gasteiger charge is 2.27. The number of carbonyl (C=O) groups excluding carboxylic acids is 5. The summed E-state index contributed by atoms with van der Waals surface area (Å²) < 4.78 is 15.5. The number of aryl methyl sites for hydroxylation is 2. The minimum Gasteiger partial charge on any atom is -0.465 e. The van der Waals surface area contributed by atoms with Crippen molar-refractivity contribution in [3.05, 3.63) is 198 Å². The molecule has 0 heterocycles. The van der Waals surface area contributed by atoms with Crippen molar-refractivity contribution < 1.29 is 38.2 Å². The largest absolute Gasteiger partial charge is 0.465 e. The molecule has 0 fully saturated rings. The van der Waals surface area contributed by atoms with Gasteiger partial charge in [-0.1, -0.05) is 297 Å². The third-order valence-electron chi connectivity index (χ3n) is 14.1. The minimum atomic E-state index is -0.407. The van der Waals surface area contributed by atoms with Crippen molar-refractivity contribution >= 4 is 35.4 Å². The van der Waals surface area contributed by atoms with Gasteiger partial charge in [0.1, 0.15) is 11.5 Å². The van der Waals surface area contributed by atoms with Gasteiger partial charge in [0, 0.05) is 30.5 Å². The van der Waals surface area contributed by atoms with Crippen LogP contribution in [0.3, 0.4) is 0 Å². The summed E-state index contributed by atoms with van der Waals surface area (Å²) in [6.07, 6.45) is 5.84. The Morgan fingerprint density at radius 1 is 0.453 bits per heavy atom. The fourth-order valence-corrected chi connectivity index (χ4v) is 6.82. The van der Waals surface area contributed by atoms with Crippen molar-refractivity contribution in [2.24, 2.45) is 29.1 Å². The summed E-state index contributed by atoms with van der Waals surface area (Å²) in [7, 11) is 0. The Bertz CT molecular complexity index is 2710. The van der Waals surface area contributed by atoms with Crippen LogP contribution in [-0.4, -0.2) is 36.3 Å². The van der Waals surface area contributed by atoms with Crippen LogP contribution in [0.15, 0.2) is 170 Å². The van der Waals surface area contributed by atoms with Gasteiger partial charge in [-0.25, -0.2) is 0 Å². The molecule has 0 aliphatic heterocycles. The molecule has 6 aromatic carbocycles. The van der Waals surface area contributed by atoms with Crippen LogP contribution in [0, 0.1) is 54.3 Å². The summed E-state index contributed by atoms with van der Waals surface area (Å²) in [4.78, 5) is 57.3. The summed E-state index contributed by atoms with van der Waals surface area (Å²) in [6, 6.07) is 56.5. The zero-order valence-corrected chi connectivity index (χ0v) is 64.6. The Labute approximate surface area is 581 Å². The molecule has 0 aromatic heterocycles. The summed E-state index contributed by atoms with van der Waals surface area (Å²) in [5, 5.41) is 14.8. The minimum absolute atomic E-state index is 0.0146. The van der Waals surface area contributed by atoms with Crippen LogP contribution in [0.4, 0.5) is 5.69 Å². The molecular formula is C84H133N3O8. The number of nitrogens with zero attached hydrogens (tertiary/aromatic N) is 1. The van der Waals surface area contributed by atoms with E-state index in [9.17, 15) is 24.0 Å². The molecule has 2 N–H and O–H groups in total. The maximum absolute atomic E-state index is 11.6. The van der Waals surface area contributed by atoms with Gasteiger partial charge >= 0.3 is 17.9 Å². The van der Waals surface area contributed by atoms with Crippen molar-refractivity contribution in [3.8, 4) is 17.6 Å². The molecule has 95 heavy (non-hydrogen) atoms. The van der Waals surface area contributed by atoms with E-state index in [-0.39, 0.29) is 58.8 Å². The number of esters is 3. The molecule has 532 valence electrons. The van der Waals surface area contributed by atoms with Gasteiger partial charge in [-0.05, 0) is 126 Å². The number of rotatable bonds is 20. The highest BCUT2D eigenvalue weighted by molar-refractivity contribution is 5.92. The SMILES string of the molecule is CC.CC.CC.CC.CC.CC.CCC(C)(C#N)c1ccccc1.CCC(C)(C)C(=O)Oc1ccccc1.CCC(C)C(=O)NCc1cc(C)cc(C)c1.CCC(C)C(=O)Nc1ccccc1.CCC(C)C(=O)OCCc1ccccc1.CCC(C)C(=O)Oc1ccccc1. The zero-order valence-electron chi connectivity index (χ0n) is 64.6. The zero-order chi connectivity index (χ0) is 74.2. The number of hydrogen-bond donors (Lipinski definition) is 2. The second-order valence-corrected chi connectivity index (χ2v) is 21.5. The van der Waals surface area contributed by atoms with Crippen LogP contribution >= 0.6 is 0 Å². The second kappa shape index (κ2) is 64.8. The smallest absolute Gasteiger partial charge is 0.316 e. The monoisotopic (exact) mass is 1310 g/mol. The molecule has 11 nitrogen and oxygen atoms in total. The Morgan fingerprint density at radius 3 is 1.21 bits per heavy atom. The summed E-state index contributed by atoms with van der Waals surface area (Å²) in [6.45, 7) is 54.7. The Balaban J connectivity index is -0.000000242. The Hall–Kier alpha value is -7.84. The van der Waals surface area contributed by atoms with E-state index in [1.54, 1.807) is 24.3 Å². The third-order valence-corrected chi connectivity index (χ3v) is 14.1. The molecule has 0 aliphatic rings. The van der Waals surface area contributed by atoms with Crippen molar-refractivity contribution in [2.75, 3.05) is 11.9 Å². The van der Waals surface area contributed by atoms with E-state index in [0.29, 0.717) is 24.7 Å². The Kier molecular flexibility index (Phi) is 67.1. The standard InChI is InChI=1S/C14H21NO.C13H18O2.C12H16O2.C11H15NO.C11H13N.C11H14O2.6C2H6/c1-5-12(4)14(16)15-9-13-7-10(2)6-11(3)8-13;1-3-11(2)13(14)15-10-9-12-7-5-4-6-8-12;1-4-12(2,3)11(13)14-10-8-6-5-7-9-10;1-3-9(2)11(13)12-10-7-5-4-6-8-10;1-3-11(2,9-12)10-7-5-4-6-8-10;1-3-9(2)11(12)13-10-7-5-4-6-8-10;6*1-2/h6-8,12H,5,9H2,1-4H3,(H,15,16);4-8,11H,3,9-10H2,1-2H3;5-9H,4H2,1-3H3;4-9H,3H2,1-2H3,(H,12,13);4-8H,3H2,1-2H3;4-9H,3H2,1-2H3;6*1-2H3. The lowest BCUT2D eigenvalue weighted by molar-refractivity contribution is -0.148. The number of para-hydroxylation sites is 3. The predicted octanol–water partition coefficient (Wildman–Crippen LogP) is 23.2. The summed E-state index contributed by atoms with van der Waals surface area (Å²) in [5.74, 6) is 1.21. The highest BCUT2D eigenvalue weighted by atomic mass is 16.5. The molecule has 0 aliphatic carbocycles. The summed E-state index contributed by atoms with van der Waals surface area (Å²) in [5.41, 5.74) is 6.11. The van der Waals surface area contributed by atoms with Gasteiger partial charge in [0.05, 0.1) is 35.3 Å². The molecule has 0 bridgehead atoms. The van der Waals surface area contributed by atoms with Crippen LogP contribution in [0.2, 0.25) is 0 Å². The summed E-state index contributed by atoms with van der Waals surface area (Å²) >= 11 is 0. The molecule has 5 atom stereocenters. The van der Waals surface area contributed by atoms with Gasteiger partial charge in [-0.15, -0.1) is 0 Å². The quantitative estimate of drug-likeness (QED) is 0.0560. The molecule has 6 aromatic rings. The number of anilines is 1. The molecule has 11 heteroatoms. The van der Waals surface area contributed by atoms with Crippen molar-refractivity contribution in [1.82, 2.24) is 5.32 Å². The normalized spacial score (nSPS) is 11.2. The number of amides is 2. The van der Waals surface area contributed by atoms with Crippen LogP contribution in [-0.2, 0) is 47.1 Å². The van der Waals surface area contributed by atoms with E-state index in [1.807, 2.05) is 300 Å². The number of nitriles is 1. The Morgan fingerprint density at radius 2 is 0.821 bits per heavy atom. The van der Waals surface area contributed by atoms with Gasteiger partial charge in [0.25, 0.3) is 0 Å². The molecule has 0 spiro atoms. The number of ether oxygens (including phenoxy) is 3. The van der Waals surface area contributed by atoms with E-state index >= 15 is 0 Å². The average Bonchev–Trinajstić information content (AvgIpc) is 1.01. The molecule has 0 saturated carbocycles. The van der Waals surface area contributed by atoms with Gasteiger partial charge in [0.15, 0.2) is 0 Å². The van der Waals surface area contributed by atoms with Crippen molar-refractivity contribution in [1.29, 1.82) is 5.26 Å². The first-order valence-electron chi connectivity index (χ1n) is 35.4. The first-order chi connectivity index (χ1) is 45.5. The van der Waals surface area contributed by atoms with Crippen LogP contribution in [0.1, 0.15) is 239 Å². The lowest BCUT2D eigenvalue weighted by atomic mass is 9.82. The molecule has 0 saturated heterocycles. The molecule has 2 amide bonds. The van der Waals surface area contributed by atoms with Gasteiger partial charge < -0.3 is 24.8 Å². The van der Waals surface area contributed by atoms with E-state index in [0.717, 1.165) is 56.2 Å². The highest BCUT2D eigenvalue weighted by Crippen LogP contribution is 2.26. The molecule has 5 unspecified atom stereocenters. The van der Waals surface area contributed by atoms with E-state index < -0.39 is 5.41 Å². The number of hydrogen-bond acceptors (Lipinski definition) is 9. The first-order valence-corrected chi connectivity index (χ1v) is 35.4. The van der Waals surface area contributed by atoms with Crippen molar-refractivity contribution in [3.63, 3.8) is 0 Å². The topological polar surface area (TPSA) is 161 Å². The average molecular weight is 1310 g/mol. The van der Waals surface area contributed by atoms with E-state index in [1.165, 1.54) is 22.3 Å². The number of nitrogens with one attached hydrogen (secondary N) is 2. The number of carbonyl (C=O) groups is 5. The number of benzene rings is 6. The lowest BCUT2D eigenvalue weighted by Gasteiger charge is -2.19. The lowest BCUT2D eigenvalue weighted by Crippen LogP contribution is -2.28. The van der Waals surface area contributed by atoms with E-state index in [4.69, 9.17) is 19.5 Å². The maximum Gasteiger partial charge on any atom is 0.316 e. The van der Waals surface area contributed by atoms with Crippen LogP contribution in [0.25, 0.3) is 0 Å². The maximum atomic E-state index is 11.6. The van der Waals surface area contributed by atoms with Crippen LogP contribution in [0.5, 0.6) is 11.5 Å². The predicted molar refractivity (Wildman–Crippen MR) is 408 cm³/mol. The van der Waals surface area contributed by atoms with Crippen LogP contribution < -0.4 is 20.1 Å². The van der Waals surface area contributed by atoms with Crippen molar-refractivity contribution in [2.45, 2.75) is 244 Å². The second-order valence-electron chi connectivity index (χ2n) is 21.5.